The molecule has 11 rings (SSSR count). The van der Waals surface area contributed by atoms with Crippen molar-refractivity contribution in [3.8, 4) is 0 Å². The number of amides is 13. The highest BCUT2D eigenvalue weighted by Crippen LogP contribution is 2.38. The smallest absolute Gasteiger partial charge is 0.225 e. The molecule has 27 nitrogen and oxygen atoms in total. The average Bonchev–Trinajstić information content (AvgIpc) is 1.66. The van der Waals surface area contributed by atoms with Gasteiger partial charge in [0.1, 0.15) is 0 Å². The zero-order chi connectivity index (χ0) is 70.9. The molecule has 11 aliphatic rings. The molecule has 24 atom stereocenters. The number of carbonyl (C=O) groups is 13. The molecular weight excluding hydrogens is 1280 g/mol. The Labute approximate surface area is 587 Å². The molecule has 0 heterocycles. The van der Waals surface area contributed by atoms with Crippen LogP contribution in [0.2, 0.25) is 0 Å². The number of nitrogens with one attached hydrogen (secondary N) is 12. The summed E-state index contributed by atoms with van der Waals surface area (Å²) in [5.74, 6) is -8.60. The maximum Gasteiger partial charge on any atom is 0.225 e. The van der Waals surface area contributed by atoms with Crippen LogP contribution in [-0.2, 0) is 62.3 Å². The van der Waals surface area contributed by atoms with Crippen molar-refractivity contribution >= 4 is 76.8 Å². The average molecular weight is 1400 g/mol. The fourth-order valence-corrected chi connectivity index (χ4v) is 19.9. The Morgan fingerprint density at radius 3 is 0.660 bits per heavy atom. The van der Waals surface area contributed by atoms with Crippen LogP contribution in [-0.4, -0.2) is 161 Å². The van der Waals surface area contributed by atoms with Gasteiger partial charge in [0, 0.05) is 79.8 Å². The van der Waals surface area contributed by atoms with E-state index in [9.17, 15) is 67.4 Å². The second kappa shape index (κ2) is 33.9. The van der Waals surface area contributed by atoms with E-state index >= 15 is 0 Å². The number of aliphatic hydroxyl groups excluding tert-OH is 1. The van der Waals surface area contributed by atoms with E-state index in [2.05, 4.69) is 63.8 Å². The van der Waals surface area contributed by atoms with Crippen LogP contribution in [0.25, 0.3) is 0 Å². The standard InChI is InChI=1S/C73H113N13O14/c1-37(87)61(36-62(89)76-52-27-5-16-41(52)65(92)79-53-28-6-17-42(53)66(93)77-50-25-3-14-39(50)63(74)90)86-73(100)49-24-13-35-60(49)85-72(99)48-23-12-34-59(48)84-71(98)47-22-11-33-58(47)83-70(97)46-21-10-32-57(46)82-69(96)45-20-9-31-56(45)81-68(95)44-19-8-30-55(44)80-67(94)43-18-7-29-54(43)78-64(91)40-15-4-26-51(40)75-38(2)88/h37,39-61,87H,3-36H2,1-2H3,(H2,74,90)(H,75,88)(H,76,89)(H,77,93)(H,78,91)(H,79,92)(H,80,94)(H,81,95)(H,82,96)(H,83,97)(H,84,98)(H,85,99)(H,86,100)/t37-,39-,40-,41-,42-,43-,44-,45-,46-,47-,48-,49-,50-,51-,52-,53-,54-,55-,56-,57-,58-,59-,60-,61+/m0/s1. The third kappa shape index (κ3) is 17.9. The highest BCUT2D eigenvalue weighted by molar-refractivity contribution is 5.90. The van der Waals surface area contributed by atoms with Gasteiger partial charge in [-0.15, -0.1) is 0 Å². The van der Waals surface area contributed by atoms with Crippen molar-refractivity contribution in [1.29, 1.82) is 0 Å². The molecule has 11 saturated carbocycles. The van der Waals surface area contributed by atoms with Gasteiger partial charge < -0.3 is 74.6 Å². The number of aliphatic hydroxyl groups is 1. The van der Waals surface area contributed by atoms with E-state index in [0.29, 0.717) is 154 Å². The van der Waals surface area contributed by atoms with Crippen LogP contribution in [0.3, 0.4) is 0 Å². The van der Waals surface area contributed by atoms with Gasteiger partial charge in [-0.1, -0.05) is 70.6 Å². The molecule has 11 fully saturated rings. The minimum atomic E-state index is -1.11. The number of hydrogen-bond acceptors (Lipinski definition) is 14. The zero-order valence-electron chi connectivity index (χ0n) is 58.7. The van der Waals surface area contributed by atoms with Gasteiger partial charge in [-0.3, -0.25) is 62.3 Å². The minimum Gasteiger partial charge on any atom is -0.391 e. The Morgan fingerprint density at radius 2 is 0.460 bits per heavy atom. The lowest BCUT2D eigenvalue weighted by atomic mass is 9.95. The monoisotopic (exact) mass is 1400 g/mol. The van der Waals surface area contributed by atoms with E-state index in [4.69, 9.17) is 5.73 Å². The van der Waals surface area contributed by atoms with E-state index < -0.39 is 125 Å². The van der Waals surface area contributed by atoms with Crippen LogP contribution in [0.1, 0.15) is 232 Å². The molecule has 0 saturated heterocycles. The van der Waals surface area contributed by atoms with Gasteiger partial charge in [-0.05, 0) is 148 Å². The summed E-state index contributed by atoms with van der Waals surface area (Å²) in [7, 11) is 0. The molecule has 0 radical (unpaired) electrons. The first-order valence-corrected chi connectivity index (χ1v) is 38.7. The molecule has 0 bridgehead atoms. The van der Waals surface area contributed by atoms with E-state index in [1.165, 1.54) is 13.8 Å². The van der Waals surface area contributed by atoms with Gasteiger partial charge in [0.2, 0.25) is 76.8 Å². The van der Waals surface area contributed by atoms with Crippen molar-refractivity contribution in [3.63, 3.8) is 0 Å². The van der Waals surface area contributed by atoms with Gasteiger partial charge in [-0.25, -0.2) is 0 Å². The van der Waals surface area contributed by atoms with Crippen LogP contribution < -0.4 is 69.5 Å². The Balaban J connectivity index is 0.602. The SMILES string of the molecule is CC(=O)N[C@H]1CCC[C@@H]1C(=O)N[C@H]1CCC[C@@H]1C(=O)N[C@H]1CCC[C@@H]1C(=O)N[C@H]1CCC[C@@H]1C(=O)N[C@H]1CCC[C@@H]1C(=O)N[C@H]1CCC[C@@H]1C(=O)N[C@H]1CCC[C@@H]1C(=O)N[C@H]1CCC[C@@H]1C(=O)N[C@H](CC(=O)N[C@H]1CCC[C@@H]1C(=O)N[C@H]1CCC[C@@H]1C(=O)N[C@H]1CCC[C@@H]1C(N)=O)[C@H](C)O. The molecule has 15 N–H and O–H groups in total. The highest BCUT2D eigenvalue weighted by Gasteiger charge is 2.48. The number of hydrogen-bond donors (Lipinski definition) is 14. The van der Waals surface area contributed by atoms with Crippen molar-refractivity contribution in [2.45, 2.75) is 311 Å². The molecule has 554 valence electrons. The summed E-state index contributed by atoms with van der Waals surface area (Å²) in [4.78, 5) is 177. The molecule has 0 aliphatic heterocycles. The molecule has 0 unspecified atom stereocenters. The van der Waals surface area contributed by atoms with Crippen molar-refractivity contribution in [3.05, 3.63) is 0 Å². The number of rotatable bonds is 26. The molecule has 0 aromatic heterocycles. The molecule has 13 amide bonds. The minimum absolute atomic E-state index is 0.135. The van der Waals surface area contributed by atoms with Gasteiger partial charge in [0.15, 0.2) is 0 Å². The summed E-state index contributed by atoms with van der Waals surface area (Å²) in [6.07, 6.45) is 20.1. The fraction of sp³-hybridized carbons (Fsp3) is 0.822. The van der Waals surface area contributed by atoms with Crippen LogP contribution in [0.4, 0.5) is 0 Å². The maximum absolute atomic E-state index is 14.2. The Bertz CT molecular complexity index is 3040. The summed E-state index contributed by atoms with van der Waals surface area (Å²) in [5, 5.41) is 48.1. The molecule has 100 heavy (non-hydrogen) atoms. The summed E-state index contributed by atoms with van der Waals surface area (Å²) in [6, 6.07) is -5.31. The lowest BCUT2D eigenvalue weighted by Gasteiger charge is -2.29. The quantitative estimate of drug-likeness (QED) is 0.0588. The predicted molar refractivity (Wildman–Crippen MR) is 365 cm³/mol. The van der Waals surface area contributed by atoms with Crippen molar-refractivity contribution in [2.75, 3.05) is 0 Å². The second-order valence-electron chi connectivity index (χ2n) is 31.9. The molecular formula is C73H113N13O14. The van der Waals surface area contributed by atoms with E-state index in [1.54, 1.807) is 0 Å². The summed E-state index contributed by atoms with van der Waals surface area (Å²) < 4.78 is 0. The molecule has 0 spiro atoms. The van der Waals surface area contributed by atoms with Crippen molar-refractivity contribution in [1.82, 2.24) is 63.8 Å². The van der Waals surface area contributed by atoms with Crippen LogP contribution >= 0.6 is 0 Å². The first-order valence-electron chi connectivity index (χ1n) is 38.7. The van der Waals surface area contributed by atoms with E-state index in [1.807, 2.05) is 0 Å². The van der Waals surface area contributed by atoms with Gasteiger partial charge >= 0.3 is 0 Å². The third-order valence-corrected chi connectivity index (χ3v) is 25.4. The molecule has 0 aromatic carbocycles. The topological polar surface area (TPSA) is 413 Å². The molecule has 11 aliphatic carbocycles. The Hall–Kier alpha value is -6.93. The van der Waals surface area contributed by atoms with Gasteiger partial charge in [0.25, 0.3) is 0 Å². The summed E-state index contributed by atoms with van der Waals surface area (Å²) in [5.41, 5.74) is 5.60. The zero-order valence-corrected chi connectivity index (χ0v) is 58.7. The second-order valence-corrected chi connectivity index (χ2v) is 31.9. The number of nitrogens with two attached hydrogens (primary N) is 1. The summed E-state index contributed by atoms with van der Waals surface area (Å²) in [6.45, 7) is 2.94. The van der Waals surface area contributed by atoms with Gasteiger partial charge in [-0.2, -0.15) is 0 Å². The van der Waals surface area contributed by atoms with Crippen molar-refractivity contribution in [2.24, 2.45) is 70.8 Å². The first-order chi connectivity index (χ1) is 48.1. The normalized spacial score (nSPS) is 36.5. The maximum atomic E-state index is 14.2. The summed E-state index contributed by atoms with van der Waals surface area (Å²) >= 11 is 0. The van der Waals surface area contributed by atoms with E-state index in [0.717, 1.165) is 57.8 Å². The predicted octanol–water partition coefficient (Wildman–Crippen LogP) is 1.88. The molecule has 27 heteroatoms. The lowest BCUT2D eigenvalue weighted by Crippen LogP contribution is -2.54. The van der Waals surface area contributed by atoms with Gasteiger partial charge in [0.05, 0.1) is 77.2 Å². The lowest BCUT2D eigenvalue weighted by molar-refractivity contribution is -0.133. The molecule has 0 aromatic rings. The third-order valence-electron chi connectivity index (χ3n) is 25.4. The highest BCUT2D eigenvalue weighted by atomic mass is 16.3. The van der Waals surface area contributed by atoms with Crippen LogP contribution in [0, 0.1) is 65.1 Å². The van der Waals surface area contributed by atoms with Crippen LogP contribution in [0.15, 0.2) is 0 Å². The Morgan fingerprint density at radius 1 is 0.280 bits per heavy atom. The number of primary amides is 1. The largest absolute Gasteiger partial charge is 0.391 e. The van der Waals surface area contributed by atoms with Crippen LogP contribution in [0.5, 0.6) is 0 Å². The first kappa shape index (κ1) is 74.3. The fourth-order valence-electron chi connectivity index (χ4n) is 19.9. The number of carbonyl (C=O) groups excluding carboxylic acids is 13. The van der Waals surface area contributed by atoms with Crippen molar-refractivity contribution < 1.29 is 67.4 Å². The Kier molecular flexibility index (Phi) is 25.2. The van der Waals surface area contributed by atoms with E-state index in [-0.39, 0.29) is 102 Å².